The summed E-state index contributed by atoms with van der Waals surface area (Å²) in [7, 11) is 1.71. The molecular formula is C7H15N3O2. The Kier molecular flexibility index (Phi) is 3.31. The highest BCUT2D eigenvalue weighted by Gasteiger charge is 2.22. The second kappa shape index (κ2) is 4.27. The van der Waals surface area contributed by atoms with Gasteiger partial charge in [-0.25, -0.2) is 0 Å². The Labute approximate surface area is 71.8 Å². The lowest BCUT2D eigenvalue weighted by Crippen LogP contribution is -2.33. The van der Waals surface area contributed by atoms with Crippen molar-refractivity contribution in [3.63, 3.8) is 0 Å². The first kappa shape index (κ1) is 9.28. The normalized spacial score (nSPS) is 26.4. The van der Waals surface area contributed by atoms with Gasteiger partial charge in [0.05, 0.1) is 12.6 Å². The standard InChI is InChI=1S/C7H15N3O2/c1-12-6-2-3-10(4-6)5-7(8)9-11/h6,11H,2-5H2,1H3,(H2,8,9). The maximum absolute atomic E-state index is 8.32. The number of nitrogens with two attached hydrogens (primary N) is 1. The van der Waals surface area contributed by atoms with E-state index < -0.39 is 0 Å². The monoisotopic (exact) mass is 173 g/mol. The molecule has 0 spiro atoms. The summed E-state index contributed by atoms with van der Waals surface area (Å²) in [4.78, 5) is 2.10. The first-order valence-corrected chi connectivity index (χ1v) is 3.97. The Bertz CT molecular complexity index is 172. The minimum Gasteiger partial charge on any atom is -0.409 e. The van der Waals surface area contributed by atoms with Crippen LogP contribution in [0.4, 0.5) is 0 Å². The van der Waals surface area contributed by atoms with Gasteiger partial charge in [0.1, 0.15) is 0 Å². The van der Waals surface area contributed by atoms with Gasteiger partial charge in [-0.1, -0.05) is 5.16 Å². The average molecular weight is 173 g/mol. The van der Waals surface area contributed by atoms with E-state index in [0.717, 1.165) is 19.5 Å². The summed E-state index contributed by atoms with van der Waals surface area (Å²) in [6.45, 7) is 2.35. The van der Waals surface area contributed by atoms with Crippen molar-refractivity contribution < 1.29 is 9.94 Å². The number of rotatable bonds is 3. The fourth-order valence-electron chi connectivity index (χ4n) is 1.39. The molecule has 0 amide bonds. The van der Waals surface area contributed by atoms with Gasteiger partial charge in [0.15, 0.2) is 5.84 Å². The Hall–Kier alpha value is -0.810. The lowest BCUT2D eigenvalue weighted by Gasteiger charge is -2.13. The van der Waals surface area contributed by atoms with E-state index in [1.807, 2.05) is 0 Å². The minimum absolute atomic E-state index is 0.256. The van der Waals surface area contributed by atoms with Crippen LogP contribution in [0.5, 0.6) is 0 Å². The molecule has 0 aromatic carbocycles. The number of amidine groups is 1. The number of nitrogens with zero attached hydrogens (tertiary/aromatic N) is 2. The number of methoxy groups -OCH3 is 1. The van der Waals surface area contributed by atoms with Crippen molar-refractivity contribution in [2.75, 3.05) is 26.7 Å². The quantitative estimate of drug-likeness (QED) is 0.260. The first-order chi connectivity index (χ1) is 5.76. The highest BCUT2D eigenvalue weighted by molar-refractivity contribution is 5.81. The lowest BCUT2D eigenvalue weighted by atomic mass is 10.3. The summed E-state index contributed by atoms with van der Waals surface area (Å²) in [5, 5.41) is 11.2. The molecule has 0 bridgehead atoms. The van der Waals surface area contributed by atoms with Crippen LogP contribution in [0.3, 0.4) is 0 Å². The van der Waals surface area contributed by atoms with Gasteiger partial charge in [0.25, 0.3) is 0 Å². The molecule has 12 heavy (non-hydrogen) atoms. The van der Waals surface area contributed by atoms with Crippen LogP contribution in [0.25, 0.3) is 0 Å². The van der Waals surface area contributed by atoms with E-state index >= 15 is 0 Å². The zero-order chi connectivity index (χ0) is 8.97. The lowest BCUT2D eigenvalue weighted by molar-refractivity contribution is 0.110. The smallest absolute Gasteiger partial charge is 0.153 e. The summed E-state index contributed by atoms with van der Waals surface area (Å²) in [5.41, 5.74) is 5.36. The van der Waals surface area contributed by atoms with Gasteiger partial charge in [-0.05, 0) is 6.42 Å². The second-order valence-corrected chi connectivity index (χ2v) is 2.97. The van der Waals surface area contributed by atoms with Gasteiger partial charge >= 0.3 is 0 Å². The van der Waals surface area contributed by atoms with E-state index in [0.29, 0.717) is 12.6 Å². The zero-order valence-corrected chi connectivity index (χ0v) is 7.23. The van der Waals surface area contributed by atoms with Crippen molar-refractivity contribution >= 4 is 5.84 Å². The molecule has 1 aliphatic heterocycles. The number of hydrogen-bond acceptors (Lipinski definition) is 4. The molecule has 1 saturated heterocycles. The van der Waals surface area contributed by atoms with E-state index in [-0.39, 0.29) is 5.84 Å². The molecule has 1 rings (SSSR count). The van der Waals surface area contributed by atoms with Crippen molar-refractivity contribution in [2.24, 2.45) is 10.9 Å². The number of likely N-dealkylation sites (tertiary alicyclic amines) is 1. The first-order valence-electron chi connectivity index (χ1n) is 3.97. The molecule has 0 aromatic heterocycles. The summed E-state index contributed by atoms with van der Waals surface area (Å²) in [5.74, 6) is 0.256. The number of oxime groups is 1. The van der Waals surface area contributed by atoms with Gasteiger partial charge in [-0.15, -0.1) is 0 Å². The largest absolute Gasteiger partial charge is 0.409 e. The Balaban J connectivity index is 2.28. The molecule has 0 saturated carbocycles. The van der Waals surface area contributed by atoms with Crippen LogP contribution in [0, 0.1) is 0 Å². The van der Waals surface area contributed by atoms with Crippen LogP contribution in [0.15, 0.2) is 5.16 Å². The van der Waals surface area contributed by atoms with E-state index in [1.165, 1.54) is 0 Å². The SMILES string of the molecule is COC1CCN(CC(N)=NO)C1. The van der Waals surface area contributed by atoms with Crippen molar-refractivity contribution in [1.82, 2.24) is 4.90 Å². The van der Waals surface area contributed by atoms with Crippen molar-refractivity contribution in [2.45, 2.75) is 12.5 Å². The number of hydrogen-bond donors (Lipinski definition) is 2. The van der Waals surface area contributed by atoms with Crippen LogP contribution < -0.4 is 5.73 Å². The fraction of sp³-hybridized carbons (Fsp3) is 0.857. The third kappa shape index (κ3) is 2.35. The van der Waals surface area contributed by atoms with Crippen LogP contribution in [0.1, 0.15) is 6.42 Å². The Morgan fingerprint density at radius 2 is 2.58 bits per heavy atom. The summed E-state index contributed by atoms with van der Waals surface area (Å²) < 4.78 is 5.17. The number of ether oxygens (including phenoxy) is 1. The molecule has 1 atom stereocenters. The highest BCUT2D eigenvalue weighted by atomic mass is 16.5. The predicted octanol–water partition coefficient (Wildman–Crippen LogP) is -0.546. The third-order valence-electron chi connectivity index (χ3n) is 2.08. The average Bonchev–Trinajstić information content (AvgIpc) is 2.52. The van der Waals surface area contributed by atoms with Gasteiger partial charge in [-0.3, -0.25) is 4.90 Å². The summed E-state index contributed by atoms with van der Waals surface area (Å²) in [6.07, 6.45) is 1.33. The molecule has 70 valence electrons. The van der Waals surface area contributed by atoms with E-state index in [9.17, 15) is 0 Å². The van der Waals surface area contributed by atoms with E-state index in [1.54, 1.807) is 7.11 Å². The molecule has 3 N–H and O–H groups in total. The van der Waals surface area contributed by atoms with Crippen molar-refractivity contribution in [3.05, 3.63) is 0 Å². The molecule has 1 fully saturated rings. The molecule has 0 radical (unpaired) electrons. The Morgan fingerprint density at radius 3 is 3.08 bits per heavy atom. The predicted molar refractivity (Wildman–Crippen MR) is 45.3 cm³/mol. The molecule has 0 aromatic rings. The molecule has 1 unspecified atom stereocenters. The third-order valence-corrected chi connectivity index (χ3v) is 2.08. The van der Waals surface area contributed by atoms with E-state index in [2.05, 4.69) is 10.1 Å². The van der Waals surface area contributed by atoms with Crippen molar-refractivity contribution in [3.8, 4) is 0 Å². The summed E-state index contributed by atoms with van der Waals surface area (Å²) in [6, 6.07) is 0. The van der Waals surface area contributed by atoms with Gasteiger partial charge in [-0.2, -0.15) is 0 Å². The molecular weight excluding hydrogens is 158 g/mol. The van der Waals surface area contributed by atoms with Crippen LogP contribution in [0.2, 0.25) is 0 Å². The van der Waals surface area contributed by atoms with E-state index in [4.69, 9.17) is 15.7 Å². The van der Waals surface area contributed by atoms with Gasteiger partial charge < -0.3 is 15.7 Å². The van der Waals surface area contributed by atoms with Crippen molar-refractivity contribution in [1.29, 1.82) is 0 Å². The summed E-state index contributed by atoms with van der Waals surface area (Å²) >= 11 is 0. The molecule has 1 aliphatic rings. The van der Waals surface area contributed by atoms with Gasteiger partial charge in [0, 0.05) is 20.2 Å². The molecule has 5 nitrogen and oxygen atoms in total. The van der Waals surface area contributed by atoms with Crippen LogP contribution >= 0.6 is 0 Å². The molecule has 0 aliphatic carbocycles. The highest BCUT2D eigenvalue weighted by Crippen LogP contribution is 2.10. The zero-order valence-electron chi connectivity index (χ0n) is 7.23. The topological polar surface area (TPSA) is 71.1 Å². The maximum Gasteiger partial charge on any atom is 0.153 e. The second-order valence-electron chi connectivity index (χ2n) is 2.97. The fourth-order valence-corrected chi connectivity index (χ4v) is 1.39. The van der Waals surface area contributed by atoms with Crippen LogP contribution in [-0.4, -0.2) is 48.8 Å². The van der Waals surface area contributed by atoms with Gasteiger partial charge in [0.2, 0.25) is 0 Å². The maximum atomic E-state index is 8.32. The molecule has 1 heterocycles. The molecule has 5 heteroatoms. The minimum atomic E-state index is 0.256. The Morgan fingerprint density at radius 1 is 1.83 bits per heavy atom. The van der Waals surface area contributed by atoms with Crippen LogP contribution in [-0.2, 0) is 4.74 Å².